The molecule has 2 N–H and O–H groups in total. The van der Waals surface area contributed by atoms with E-state index < -0.39 is 0 Å². The van der Waals surface area contributed by atoms with Gasteiger partial charge in [0.15, 0.2) is 0 Å². The smallest absolute Gasteiger partial charge is 0.0104 e. The van der Waals surface area contributed by atoms with E-state index in [0.717, 1.165) is 0 Å². The lowest BCUT2D eigenvalue weighted by atomic mass is 10.5. The van der Waals surface area contributed by atoms with Gasteiger partial charge in [0, 0.05) is 6.54 Å². The molecular formula is C8H20N2. The summed E-state index contributed by atoms with van der Waals surface area (Å²) in [4.78, 5) is 2.18. The average Bonchev–Trinajstić information content (AvgIpc) is 1.89. The van der Waals surface area contributed by atoms with E-state index in [1.807, 2.05) is 0 Å². The molecule has 0 bridgehead atoms. The minimum Gasteiger partial charge on any atom is -0.327 e. The minimum atomic E-state index is 0.583. The molecule has 0 aliphatic carbocycles. The summed E-state index contributed by atoms with van der Waals surface area (Å²) in [6.45, 7) is 7.33. The quantitative estimate of drug-likeness (QED) is 0.601. The molecule has 10 heavy (non-hydrogen) atoms. The van der Waals surface area contributed by atoms with Crippen LogP contribution >= 0.6 is 0 Å². The van der Waals surface area contributed by atoms with E-state index >= 15 is 0 Å². The van der Waals surface area contributed by atoms with Gasteiger partial charge in [0.25, 0.3) is 0 Å². The van der Waals surface area contributed by atoms with Gasteiger partial charge in [-0.15, -0.1) is 6.58 Å². The minimum absolute atomic E-state index is 0.583. The molecule has 0 amide bonds. The van der Waals surface area contributed by atoms with Crippen molar-refractivity contribution < 1.29 is 0 Å². The molecule has 62 valence electrons. The third-order valence-electron chi connectivity index (χ3n) is 0.837. The van der Waals surface area contributed by atoms with Crippen molar-refractivity contribution in [3.05, 3.63) is 12.7 Å². The summed E-state index contributed by atoms with van der Waals surface area (Å²) in [7, 11) is 4.17. The maximum Gasteiger partial charge on any atom is 0.0104 e. The predicted octanol–water partition coefficient (Wildman–Crippen LogP) is 1.09. The summed E-state index contributed by atoms with van der Waals surface area (Å²) < 4.78 is 0. The van der Waals surface area contributed by atoms with Crippen molar-refractivity contribution >= 4 is 0 Å². The van der Waals surface area contributed by atoms with Crippen LogP contribution in [0.15, 0.2) is 12.7 Å². The van der Waals surface area contributed by atoms with E-state index in [9.17, 15) is 0 Å². The Balaban J connectivity index is 0. The van der Waals surface area contributed by atoms with Gasteiger partial charge < -0.3 is 10.6 Å². The highest BCUT2D eigenvalue weighted by molar-refractivity contribution is 4.64. The van der Waals surface area contributed by atoms with Gasteiger partial charge in [-0.3, -0.25) is 0 Å². The zero-order valence-electron chi connectivity index (χ0n) is 7.43. The molecule has 0 unspecified atom stereocenters. The summed E-state index contributed by atoms with van der Waals surface area (Å²) in [6.07, 6.45) is 2.91. The van der Waals surface area contributed by atoms with Gasteiger partial charge >= 0.3 is 0 Å². The fourth-order valence-corrected chi connectivity index (χ4v) is 0.447. The molecule has 0 saturated carbocycles. The maximum absolute atomic E-state index is 4.91. The zero-order valence-corrected chi connectivity index (χ0v) is 7.43. The molecule has 2 nitrogen and oxygen atoms in total. The van der Waals surface area contributed by atoms with Crippen LogP contribution in [0, 0.1) is 0 Å². The molecule has 0 fully saturated rings. The molecule has 0 aromatic rings. The first-order chi connectivity index (χ1) is 4.68. The highest BCUT2D eigenvalue weighted by Gasteiger charge is 1.79. The van der Waals surface area contributed by atoms with Crippen LogP contribution in [0.4, 0.5) is 0 Å². The topological polar surface area (TPSA) is 29.3 Å². The first-order valence-electron chi connectivity index (χ1n) is 3.64. The lowest BCUT2D eigenvalue weighted by Gasteiger charge is -2.03. The number of hydrogen-bond donors (Lipinski definition) is 1. The van der Waals surface area contributed by atoms with E-state index in [1.165, 1.54) is 13.0 Å². The summed E-state index contributed by atoms with van der Waals surface area (Å²) in [5, 5.41) is 0. The van der Waals surface area contributed by atoms with Crippen molar-refractivity contribution in [2.45, 2.75) is 13.3 Å². The summed E-state index contributed by atoms with van der Waals surface area (Å²) in [6, 6.07) is 0. The Labute approximate surface area is 64.7 Å². The van der Waals surface area contributed by atoms with Crippen LogP contribution in [-0.4, -0.2) is 32.1 Å². The van der Waals surface area contributed by atoms with Crippen molar-refractivity contribution in [3.63, 3.8) is 0 Å². The number of rotatable bonds is 3. The molecule has 0 aromatic carbocycles. The fraction of sp³-hybridized carbons (Fsp3) is 0.750. The predicted molar refractivity (Wildman–Crippen MR) is 48.1 cm³/mol. The molecule has 0 atom stereocenters. The van der Waals surface area contributed by atoms with Crippen molar-refractivity contribution in [3.8, 4) is 0 Å². The molecule has 0 aliphatic rings. The van der Waals surface area contributed by atoms with Crippen molar-refractivity contribution in [1.29, 1.82) is 0 Å². The van der Waals surface area contributed by atoms with Crippen LogP contribution in [0.5, 0.6) is 0 Å². The summed E-state index contributed by atoms with van der Waals surface area (Å²) in [5.41, 5.74) is 4.91. The van der Waals surface area contributed by atoms with Gasteiger partial charge in [-0.2, -0.15) is 0 Å². The zero-order chi connectivity index (χ0) is 8.41. The molecule has 0 aliphatic heterocycles. The first-order valence-corrected chi connectivity index (χ1v) is 3.64. The molecule has 0 heterocycles. The number of nitrogens with zero attached hydrogens (tertiary/aromatic N) is 1. The summed E-state index contributed by atoms with van der Waals surface area (Å²) in [5.74, 6) is 0. The Hall–Kier alpha value is -0.340. The average molecular weight is 144 g/mol. The van der Waals surface area contributed by atoms with Crippen LogP contribution in [-0.2, 0) is 0 Å². The van der Waals surface area contributed by atoms with Crippen molar-refractivity contribution in [2.75, 3.05) is 27.2 Å². The Bertz CT molecular complexity index is 60.3. The monoisotopic (exact) mass is 144 g/mol. The standard InChI is InChI=1S/C5H13N.C3H7N/c1-4-5-6(2)3;1-2-3-4/h4-5H2,1-3H3;2H,1,3-4H2. The van der Waals surface area contributed by atoms with Crippen LogP contribution in [0.2, 0.25) is 0 Å². The van der Waals surface area contributed by atoms with Gasteiger partial charge in [0.05, 0.1) is 0 Å². The van der Waals surface area contributed by atoms with E-state index in [-0.39, 0.29) is 0 Å². The lowest BCUT2D eigenvalue weighted by Crippen LogP contribution is -2.11. The Morgan fingerprint density at radius 3 is 1.90 bits per heavy atom. The van der Waals surface area contributed by atoms with Gasteiger partial charge in [-0.1, -0.05) is 13.0 Å². The van der Waals surface area contributed by atoms with Gasteiger partial charge in [-0.05, 0) is 27.1 Å². The third kappa shape index (κ3) is 25.4. The molecule has 0 rings (SSSR count). The molecule has 0 radical (unpaired) electrons. The van der Waals surface area contributed by atoms with Crippen LogP contribution in [0.25, 0.3) is 0 Å². The number of nitrogens with two attached hydrogens (primary N) is 1. The van der Waals surface area contributed by atoms with E-state index in [4.69, 9.17) is 5.73 Å². The fourth-order valence-electron chi connectivity index (χ4n) is 0.447. The van der Waals surface area contributed by atoms with Gasteiger partial charge in [-0.25, -0.2) is 0 Å². The van der Waals surface area contributed by atoms with Crippen molar-refractivity contribution in [1.82, 2.24) is 4.90 Å². The summed E-state index contributed by atoms with van der Waals surface area (Å²) >= 11 is 0. The second kappa shape index (κ2) is 11.5. The third-order valence-corrected chi connectivity index (χ3v) is 0.837. The molecule has 0 saturated heterocycles. The molecule has 2 heteroatoms. The van der Waals surface area contributed by atoms with E-state index in [1.54, 1.807) is 6.08 Å². The molecule has 0 spiro atoms. The normalized spacial score (nSPS) is 8.50. The largest absolute Gasteiger partial charge is 0.327 e. The van der Waals surface area contributed by atoms with Gasteiger partial charge in [0.2, 0.25) is 0 Å². The molecular weight excluding hydrogens is 124 g/mol. The second-order valence-corrected chi connectivity index (χ2v) is 2.33. The van der Waals surface area contributed by atoms with Crippen LogP contribution < -0.4 is 5.73 Å². The lowest BCUT2D eigenvalue weighted by molar-refractivity contribution is 0.408. The first kappa shape index (κ1) is 12.3. The highest BCUT2D eigenvalue weighted by atomic mass is 15.0. The SMILES string of the molecule is C=CCN.CCCN(C)C. The van der Waals surface area contributed by atoms with E-state index in [2.05, 4.69) is 32.5 Å². The highest BCUT2D eigenvalue weighted by Crippen LogP contribution is 1.76. The second-order valence-electron chi connectivity index (χ2n) is 2.33. The van der Waals surface area contributed by atoms with Crippen LogP contribution in [0.3, 0.4) is 0 Å². The van der Waals surface area contributed by atoms with Crippen LogP contribution in [0.1, 0.15) is 13.3 Å². The van der Waals surface area contributed by atoms with E-state index in [0.29, 0.717) is 6.54 Å². The maximum atomic E-state index is 4.91. The Morgan fingerprint density at radius 2 is 1.90 bits per heavy atom. The van der Waals surface area contributed by atoms with Gasteiger partial charge in [0.1, 0.15) is 0 Å². The van der Waals surface area contributed by atoms with Crippen molar-refractivity contribution in [2.24, 2.45) is 5.73 Å². The Kier molecular flexibility index (Phi) is 14.1. The molecule has 0 aromatic heterocycles. The number of hydrogen-bond acceptors (Lipinski definition) is 2. The Morgan fingerprint density at radius 1 is 1.50 bits per heavy atom.